The number of nitrogens with one attached hydrogen (secondary N) is 1. The molecule has 0 heterocycles. The van der Waals surface area contributed by atoms with Crippen molar-refractivity contribution >= 4 is 23.3 Å². The Labute approximate surface area is 92.4 Å². The van der Waals surface area contributed by atoms with Crippen LogP contribution in [-0.2, 0) is 11.2 Å². The van der Waals surface area contributed by atoms with Gasteiger partial charge in [0.05, 0.1) is 6.04 Å². The highest BCUT2D eigenvalue weighted by Gasteiger charge is 2.32. The van der Waals surface area contributed by atoms with Gasteiger partial charge in [-0.1, -0.05) is 23.7 Å². The van der Waals surface area contributed by atoms with Crippen molar-refractivity contribution in [3.8, 4) is 0 Å². The van der Waals surface area contributed by atoms with Crippen molar-refractivity contribution in [2.45, 2.75) is 19.4 Å². The lowest BCUT2D eigenvalue weighted by atomic mass is 10.1. The van der Waals surface area contributed by atoms with Crippen molar-refractivity contribution in [2.75, 3.05) is 0 Å². The van der Waals surface area contributed by atoms with E-state index >= 15 is 0 Å². The largest absolute Gasteiger partial charge is 0.346 e. The minimum absolute atomic E-state index is 0.0531. The summed E-state index contributed by atoms with van der Waals surface area (Å²) in [7, 11) is 0. The van der Waals surface area contributed by atoms with Crippen molar-refractivity contribution in [2.24, 2.45) is 0 Å². The molecule has 4 heteroatoms. The molecule has 3 nitrogen and oxygen atoms in total. The maximum absolute atomic E-state index is 11.8. The number of halogens is 1. The monoisotopic (exact) mass is 223 g/mol. The summed E-state index contributed by atoms with van der Waals surface area (Å²) in [4.78, 5) is 22.7. The minimum atomic E-state index is -0.447. The van der Waals surface area contributed by atoms with Gasteiger partial charge in [-0.2, -0.15) is 0 Å². The first-order valence-electron chi connectivity index (χ1n) is 4.68. The van der Waals surface area contributed by atoms with E-state index in [0.717, 1.165) is 5.56 Å². The summed E-state index contributed by atoms with van der Waals surface area (Å²) in [5.74, 6) is -0.250. The molecule has 1 amide bonds. The second-order valence-corrected chi connectivity index (χ2v) is 3.99. The van der Waals surface area contributed by atoms with E-state index in [9.17, 15) is 9.59 Å². The Morgan fingerprint density at radius 2 is 2.27 bits per heavy atom. The molecule has 0 aromatic heterocycles. The number of hydrogen-bond acceptors (Lipinski definition) is 2. The Morgan fingerprint density at radius 3 is 2.87 bits per heavy atom. The van der Waals surface area contributed by atoms with Crippen molar-refractivity contribution in [3.63, 3.8) is 0 Å². The van der Waals surface area contributed by atoms with Gasteiger partial charge in [0.25, 0.3) is 0 Å². The molecular formula is C11H10ClNO2. The average molecular weight is 224 g/mol. The molecule has 0 aliphatic heterocycles. The molecule has 1 aliphatic rings. The van der Waals surface area contributed by atoms with E-state index in [0.29, 0.717) is 17.0 Å². The molecule has 1 aromatic carbocycles. The van der Waals surface area contributed by atoms with Gasteiger partial charge in [0.1, 0.15) is 0 Å². The Kier molecular flexibility index (Phi) is 2.49. The number of benzene rings is 1. The molecule has 0 bridgehead atoms. The van der Waals surface area contributed by atoms with E-state index in [1.165, 1.54) is 6.92 Å². The first-order valence-corrected chi connectivity index (χ1v) is 5.06. The van der Waals surface area contributed by atoms with E-state index in [2.05, 4.69) is 5.32 Å². The molecule has 1 aromatic rings. The minimum Gasteiger partial charge on any atom is -0.346 e. The van der Waals surface area contributed by atoms with Crippen molar-refractivity contribution in [1.82, 2.24) is 5.32 Å². The van der Waals surface area contributed by atoms with Crippen LogP contribution in [0.3, 0.4) is 0 Å². The summed E-state index contributed by atoms with van der Waals surface area (Å²) in [5.41, 5.74) is 1.46. The highest BCUT2D eigenvalue weighted by Crippen LogP contribution is 2.28. The Hall–Kier alpha value is -1.35. The molecule has 0 unspecified atom stereocenters. The number of rotatable bonds is 1. The lowest BCUT2D eigenvalue weighted by Gasteiger charge is -2.07. The molecule has 0 spiro atoms. The zero-order chi connectivity index (χ0) is 11.0. The molecule has 1 aliphatic carbocycles. The quantitative estimate of drug-likeness (QED) is 0.786. The standard InChI is InChI=1S/C11H10ClNO2/c1-6(14)13-10-5-8-7(11(10)15)3-2-4-9(8)12/h2-4,10H,5H2,1H3,(H,13,14)/t10-/m0/s1. The molecule has 15 heavy (non-hydrogen) atoms. The fraction of sp³-hybridized carbons (Fsp3) is 0.273. The third-order valence-electron chi connectivity index (χ3n) is 2.49. The van der Waals surface area contributed by atoms with Crippen LogP contribution in [0.2, 0.25) is 5.02 Å². The number of hydrogen-bond donors (Lipinski definition) is 1. The third kappa shape index (κ3) is 1.75. The zero-order valence-electron chi connectivity index (χ0n) is 8.21. The first-order chi connectivity index (χ1) is 7.09. The van der Waals surface area contributed by atoms with Gasteiger partial charge in [-0.05, 0) is 11.6 Å². The smallest absolute Gasteiger partial charge is 0.217 e. The number of fused-ring (bicyclic) bond motifs is 1. The molecule has 0 radical (unpaired) electrons. The molecule has 78 valence electrons. The normalized spacial score (nSPS) is 18.8. The topological polar surface area (TPSA) is 46.2 Å². The summed E-state index contributed by atoms with van der Waals surface area (Å²) < 4.78 is 0. The number of Topliss-reactive ketones (excluding diaryl/α,β-unsaturated/α-hetero) is 1. The Bertz CT molecular complexity index is 442. The van der Waals surface area contributed by atoms with E-state index in [1.807, 2.05) is 0 Å². The van der Waals surface area contributed by atoms with E-state index in [1.54, 1.807) is 18.2 Å². The summed E-state index contributed by atoms with van der Waals surface area (Å²) in [6.45, 7) is 1.40. The average Bonchev–Trinajstić information content (AvgIpc) is 2.46. The van der Waals surface area contributed by atoms with Crippen LogP contribution in [0.5, 0.6) is 0 Å². The predicted octanol–water partition coefficient (Wildman–Crippen LogP) is 1.58. The molecule has 1 atom stereocenters. The van der Waals surface area contributed by atoms with Crippen LogP contribution in [0.25, 0.3) is 0 Å². The maximum Gasteiger partial charge on any atom is 0.217 e. The zero-order valence-corrected chi connectivity index (χ0v) is 8.97. The van der Waals surface area contributed by atoms with Gasteiger partial charge in [-0.3, -0.25) is 9.59 Å². The van der Waals surface area contributed by atoms with Gasteiger partial charge in [0, 0.05) is 23.9 Å². The van der Waals surface area contributed by atoms with Crippen LogP contribution in [0.4, 0.5) is 0 Å². The molecule has 2 rings (SSSR count). The van der Waals surface area contributed by atoms with Gasteiger partial charge >= 0.3 is 0 Å². The van der Waals surface area contributed by atoms with Gasteiger partial charge in [0.15, 0.2) is 5.78 Å². The van der Waals surface area contributed by atoms with Gasteiger partial charge in [0.2, 0.25) is 5.91 Å². The molecular weight excluding hydrogens is 214 g/mol. The maximum atomic E-state index is 11.8. The first kappa shape index (κ1) is 10.2. The van der Waals surface area contributed by atoms with Crippen LogP contribution in [0, 0.1) is 0 Å². The molecule has 0 saturated heterocycles. The third-order valence-corrected chi connectivity index (χ3v) is 2.84. The number of carbonyl (C=O) groups is 2. The summed E-state index contributed by atoms with van der Waals surface area (Å²) in [5, 5.41) is 3.21. The van der Waals surface area contributed by atoms with Crippen LogP contribution < -0.4 is 5.32 Å². The lowest BCUT2D eigenvalue weighted by molar-refractivity contribution is -0.119. The van der Waals surface area contributed by atoms with Gasteiger partial charge in [-0.25, -0.2) is 0 Å². The summed E-state index contributed by atoms with van der Waals surface area (Å²) in [6, 6.07) is 4.79. The van der Waals surface area contributed by atoms with Gasteiger partial charge in [-0.15, -0.1) is 0 Å². The molecule has 0 saturated carbocycles. The van der Waals surface area contributed by atoms with Crippen molar-refractivity contribution < 1.29 is 9.59 Å². The molecule has 1 N–H and O–H groups in total. The fourth-order valence-electron chi connectivity index (χ4n) is 1.84. The molecule has 0 fully saturated rings. The van der Waals surface area contributed by atoms with Crippen LogP contribution in [0.1, 0.15) is 22.8 Å². The summed E-state index contributed by atoms with van der Waals surface area (Å²) in [6.07, 6.45) is 0.493. The highest BCUT2D eigenvalue weighted by atomic mass is 35.5. The Balaban J connectivity index is 2.33. The van der Waals surface area contributed by atoms with E-state index in [4.69, 9.17) is 11.6 Å². The van der Waals surface area contributed by atoms with Gasteiger partial charge < -0.3 is 5.32 Å². The second kappa shape index (κ2) is 3.66. The number of carbonyl (C=O) groups excluding carboxylic acids is 2. The van der Waals surface area contributed by atoms with E-state index in [-0.39, 0.29) is 11.7 Å². The number of ketones is 1. The lowest BCUT2D eigenvalue weighted by Crippen LogP contribution is -2.37. The predicted molar refractivity (Wildman–Crippen MR) is 57.1 cm³/mol. The van der Waals surface area contributed by atoms with Crippen molar-refractivity contribution in [1.29, 1.82) is 0 Å². The second-order valence-electron chi connectivity index (χ2n) is 3.59. The van der Waals surface area contributed by atoms with Crippen LogP contribution >= 0.6 is 11.6 Å². The van der Waals surface area contributed by atoms with E-state index < -0.39 is 6.04 Å². The van der Waals surface area contributed by atoms with Crippen LogP contribution in [-0.4, -0.2) is 17.7 Å². The highest BCUT2D eigenvalue weighted by molar-refractivity contribution is 6.32. The summed E-state index contributed by atoms with van der Waals surface area (Å²) >= 11 is 5.97. The fourth-order valence-corrected chi connectivity index (χ4v) is 2.10. The van der Waals surface area contributed by atoms with Crippen LogP contribution in [0.15, 0.2) is 18.2 Å². The van der Waals surface area contributed by atoms with Crippen molar-refractivity contribution in [3.05, 3.63) is 34.3 Å². The Morgan fingerprint density at radius 1 is 1.53 bits per heavy atom. The number of amides is 1. The SMILES string of the molecule is CC(=O)N[C@H]1Cc2c(Cl)cccc2C1=O.